The van der Waals surface area contributed by atoms with E-state index in [1.807, 2.05) is 12.1 Å². The lowest BCUT2D eigenvalue weighted by atomic mass is 10.1. The predicted molar refractivity (Wildman–Crippen MR) is 76.5 cm³/mol. The molecule has 1 heterocycles. The van der Waals surface area contributed by atoms with E-state index >= 15 is 0 Å². The van der Waals surface area contributed by atoms with Gasteiger partial charge < -0.3 is 4.74 Å². The molecule has 2 amide bonds. The van der Waals surface area contributed by atoms with Gasteiger partial charge in [0.15, 0.2) is 0 Å². The highest BCUT2D eigenvalue weighted by Gasteiger charge is 2.39. The minimum Gasteiger partial charge on any atom is -0.443 e. The molecule has 1 fully saturated rings. The monoisotopic (exact) mass is 295 g/mol. The summed E-state index contributed by atoms with van der Waals surface area (Å²) >= 11 is 5.86. The number of amides is 2. The second-order valence-corrected chi connectivity index (χ2v) is 6.29. The minimum atomic E-state index is -0.621. The van der Waals surface area contributed by atoms with Gasteiger partial charge in [-0.2, -0.15) is 0 Å². The number of hydrogen-bond acceptors (Lipinski definition) is 3. The van der Waals surface area contributed by atoms with Gasteiger partial charge in [-0.3, -0.25) is 4.79 Å². The van der Waals surface area contributed by atoms with Gasteiger partial charge in [0.2, 0.25) is 5.91 Å². The molecule has 1 aromatic rings. The molecule has 1 aliphatic rings. The fourth-order valence-corrected chi connectivity index (χ4v) is 2.35. The number of halogens is 1. The molecule has 0 N–H and O–H groups in total. The Morgan fingerprint density at radius 3 is 2.45 bits per heavy atom. The lowest BCUT2D eigenvalue weighted by molar-refractivity contribution is -0.128. The van der Waals surface area contributed by atoms with Crippen molar-refractivity contribution in [2.45, 2.75) is 45.3 Å². The molecule has 1 aromatic carbocycles. The molecular formula is C15H18ClNO3. The number of carbonyl (C=O) groups excluding carboxylic acids is 2. The minimum absolute atomic E-state index is 0.195. The van der Waals surface area contributed by atoms with E-state index in [4.69, 9.17) is 16.3 Å². The third kappa shape index (κ3) is 3.31. The molecule has 1 aliphatic heterocycles. The highest BCUT2D eigenvalue weighted by atomic mass is 35.5. The number of carbonyl (C=O) groups is 2. The predicted octanol–water partition coefficient (Wildman–Crippen LogP) is 3.94. The normalized spacial score (nSPS) is 19.3. The van der Waals surface area contributed by atoms with Gasteiger partial charge in [0.1, 0.15) is 5.60 Å². The van der Waals surface area contributed by atoms with Crippen LogP contribution in [0.25, 0.3) is 0 Å². The van der Waals surface area contributed by atoms with Crippen LogP contribution < -0.4 is 0 Å². The van der Waals surface area contributed by atoms with Crippen molar-refractivity contribution >= 4 is 23.6 Å². The maximum absolute atomic E-state index is 12.2. The van der Waals surface area contributed by atoms with Crippen LogP contribution in [-0.4, -0.2) is 22.5 Å². The summed E-state index contributed by atoms with van der Waals surface area (Å²) < 4.78 is 5.31. The summed E-state index contributed by atoms with van der Waals surface area (Å²) in [6, 6.07) is 6.92. The first-order chi connectivity index (χ1) is 9.28. The fraction of sp³-hybridized carbons (Fsp3) is 0.467. The number of imide groups is 1. The standard InChI is InChI=1S/C15H18ClNO3/c1-15(2,3)20-14(19)17-12(8-9-13(17)18)10-4-6-11(16)7-5-10/h4-7,12H,8-9H2,1-3H3. The van der Waals surface area contributed by atoms with Crippen LogP contribution in [0, 0.1) is 0 Å². The Hall–Kier alpha value is -1.55. The van der Waals surface area contributed by atoms with Crippen molar-refractivity contribution in [2.24, 2.45) is 0 Å². The van der Waals surface area contributed by atoms with E-state index in [9.17, 15) is 9.59 Å². The third-order valence-electron chi connectivity index (χ3n) is 3.06. The zero-order chi connectivity index (χ0) is 14.9. The van der Waals surface area contributed by atoms with Gasteiger partial charge in [0.05, 0.1) is 6.04 Å². The van der Waals surface area contributed by atoms with Crippen molar-refractivity contribution in [3.63, 3.8) is 0 Å². The van der Waals surface area contributed by atoms with Crippen LogP contribution in [0.15, 0.2) is 24.3 Å². The van der Waals surface area contributed by atoms with E-state index in [2.05, 4.69) is 0 Å². The Balaban J connectivity index is 2.22. The first-order valence-electron chi connectivity index (χ1n) is 6.58. The van der Waals surface area contributed by atoms with Crippen LogP contribution in [0.4, 0.5) is 4.79 Å². The van der Waals surface area contributed by atoms with E-state index < -0.39 is 11.7 Å². The van der Waals surface area contributed by atoms with Gasteiger partial charge in [-0.05, 0) is 44.9 Å². The molecular weight excluding hydrogens is 278 g/mol. The maximum Gasteiger partial charge on any atom is 0.417 e. The van der Waals surface area contributed by atoms with Crippen molar-refractivity contribution in [1.29, 1.82) is 0 Å². The van der Waals surface area contributed by atoms with Gasteiger partial charge in [0, 0.05) is 11.4 Å². The summed E-state index contributed by atoms with van der Waals surface area (Å²) in [6.07, 6.45) is 0.381. The Bertz CT molecular complexity index is 519. The molecule has 0 radical (unpaired) electrons. The van der Waals surface area contributed by atoms with Crippen LogP contribution in [0.5, 0.6) is 0 Å². The molecule has 2 rings (SSSR count). The molecule has 0 saturated carbocycles. The zero-order valence-corrected chi connectivity index (χ0v) is 12.6. The van der Waals surface area contributed by atoms with Crippen LogP contribution in [0.1, 0.15) is 45.2 Å². The molecule has 20 heavy (non-hydrogen) atoms. The van der Waals surface area contributed by atoms with Crippen molar-refractivity contribution in [1.82, 2.24) is 4.90 Å². The summed E-state index contributed by atoms with van der Waals surface area (Å²) in [7, 11) is 0. The van der Waals surface area contributed by atoms with Crippen LogP contribution in [0.2, 0.25) is 5.02 Å². The van der Waals surface area contributed by atoms with Gasteiger partial charge in [-0.25, -0.2) is 9.69 Å². The average molecular weight is 296 g/mol. The van der Waals surface area contributed by atoms with E-state index in [0.29, 0.717) is 17.9 Å². The second kappa shape index (κ2) is 5.44. The van der Waals surface area contributed by atoms with Crippen LogP contribution in [-0.2, 0) is 9.53 Å². The quantitative estimate of drug-likeness (QED) is 0.788. The lowest BCUT2D eigenvalue weighted by Gasteiger charge is -2.27. The topological polar surface area (TPSA) is 46.6 Å². The number of nitrogens with zero attached hydrogens (tertiary/aromatic N) is 1. The Kier molecular flexibility index (Phi) is 4.04. The smallest absolute Gasteiger partial charge is 0.417 e. The third-order valence-corrected chi connectivity index (χ3v) is 3.31. The van der Waals surface area contributed by atoms with E-state index in [1.165, 1.54) is 4.90 Å². The highest BCUT2D eigenvalue weighted by Crippen LogP contribution is 2.34. The Morgan fingerprint density at radius 1 is 1.30 bits per heavy atom. The molecule has 1 saturated heterocycles. The molecule has 4 nitrogen and oxygen atoms in total. The first-order valence-corrected chi connectivity index (χ1v) is 6.96. The Labute approximate surface area is 123 Å². The summed E-state index contributed by atoms with van der Waals surface area (Å²) in [4.78, 5) is 25.3. The van der Waals surface area contributed by atoms with Crippen molar-refractivity contribution in [3.05, 3.63) is 34.9 Å². The summed E-state index contributed by atoms with van der Waals surface area (Å²) in [5, 5.41) is 0.627. The SMILES string of the molecule is CC(C)(C)OC(=O)N1C(=O)CCC1c1ccc(Cl)cc1. The molecule has 0 aliphatic carbocycles. The van der Waals surface area contributed by atoms with E-state index in [0.717, 1.165) is 5.56 Å². The molecule has 5 heteroatoms. The number of likely N-dealkylation sites (tertiary alicyclic amines) is 1. The van der Waals surface area contributed by atoms with Crippen LogP contribution >= 0.6 is 11.6 Å². The number of benzene rings is 1. The van der Waals surface area contributed by atoms with Gasteiger partial charge >= 0.3 is 6.09 Å². The first kappa shape index (κ1) is 14.9. The lowest BCUT2D eigenvalue weighted by Crippen LogP contribution is -2.38. The summed E-state index contributed by atoms with van der Waals surface area (Å²) in [5.74, 6) is -0.195. The number of ether oxygens (including phenoxy) is 1. The van der Waals surface area contributed by atoms with Crippen molar-refractivity contribution in [3.8, 4) is 0 Å². The van der Waals surface area contributed by atoms with Gasteiger partial charge in [-0.1, -0.05) is 23.7 Å². The molecule has 1 atom stereocenters. The molecule has 0 spiro atoms. The number of rotatable bonds is 1. The van der Waals surface area contributed by atoms with Gasteiger partial charge in [-0.15, -0.1) is 0 Å². The number of hydrogen-bond donors (Lipinski definition) is 0. The Morgan fingerprint density at radius 2 is 1.90 bits per heavy atom. The van der Waals surface area contributed by atoms with Crippen molar-refractivity contribution in [2.75, 3.05) is 0 Å². The maximum atomic E-state index is 12.2. The van der Waals surface area contributed by atoms with Crippen LogP contribution in [0.3, 0.4) is 0 Å². The largest absolute Gasteiger partial charge is 0.443 e. The highest BCUT2D eigenvalue weighted by molar-refractivity contribution is 6.30. The summed E-state index contributed by atoms with van der Waals surface area (Å²) in [6.45, 7) is 5.34. The molecule has 108 valence electrons. The molecule has 1 unspecified atom stereocenters. The van der Waals surface area contributed by atoms with E-state index in [-0.39, 0.29) is 11.9 Å². The summed E-state index contributed by atoms with van der Waals surface area (Å²) in [5.41, 5.74) is 0.274. The molecule has 0 aromatic heterocycles. The zero-order valence-electron chi connectivity index (χ0n) is 11.9. The molecule has 0 bridgehead atoms. The second-order valence-electron chi connectivity index (χ2n) is 5.85. The average Bonchev–Trinajstić information content (AvgIpc) is 2.70. The van der Waals surface area contributed by atoms with Gasteiger partial charge in [0.25, 0.3) is 0 Å². The van der Waals surface area contributed by atoms with Crippen molar-refractivity contribution < 1.29 is 14.3 Å². The fourth-order valence-electron chi connectivity index (χ4n) is 2.22. The van der Waals surface area contributed by atoms with E-state index in [1.54, 1.807) is 32.9 Å².